The van der Waals surface area contributed by atoms with E-state index in [4.69, 9.17) is 4.74 Å². The number of benzene rings is 2. The predicted molar refractivity (Wildman–Crippen MR) is 96.5 cm³/mol. The Morgan fingerprint density at radius 3 is 2.59 bits per heavy atom. The number of para-hydroxylation sites is 1. The van der Waals surface area contributed by atoms with Gasteiger partial charge in [0, 0.05) is 18.2 Å². The van der Waals surface area contributed by atoms with Crippen molar-refractivity contribution in [2.45, 2.75) is 12.5 Å². The van der Waals surface area contributed by atoms with E-state index in [9.17, 15) is 13.6 Å². The van der Waals surface area contributed by atoms with Gasteiger partial charge >= 0.3 is 0 Å². The highest BCUT2D eigenvalue weighted by Gasteiger charge is 2.27. The first-order valence-corrected chi connectivity index (χ1v) is 8.55. The first-order chi connectivity index (χ1) is 13.1. The topological polar surface area (TPSA) is 51.2 Å². The van der Waals surface area contributed by atoms with E-state index < -0.39 is 23.1 Å². The number of nitrogens with one attached hydrogen (secondary N) is 1. The molecule has 0 saturated heterocycles. The van der Waals surface area contributed by atoms with E-state index >= 15 is 0 Å². The van der Waals surface area contributed by atoms with E-state index in [1.807, 2.05) is 36.4 Å². The highest BCUT2D eigenvalue weighted by Crippen LogP contribution is 2.37. The van der Waals surface area contributed by atoms with Crippen molar-refractivity contribution in [2.24, 2.45) is 0 Å². The van der Waals surface area contributed by atoms with E-state index in [0.29, 0.717) is 6.42 Å². The van der Waals surface area contributed by atoms with Crippen molar-refractivity contribution >= 4 is 5.91 Å². The molecule has 1 atom stereocenters. The van der Waals surface area contributed by atoms with Gasteiger partial charge < -0.3 is 10.1 Å². The SMILES string of the molecule is O=C(NCC1Cc2cccc(-c3ccccn3)c2O1)c1c(F)cccc1F. The van der Waals surface area contributed by atoms with Crippen LogP contribution in [0.25, 0.3) is 11.3 Å². The van der Waals surface area contributed by atoms with Crippen LogP contribution >= 0.6 is 0 Å². The molecule has 6 heteroatoms. The van der Waals surface area contributed by atoms with Crippen LogP contribution in [0.3, 0.4) is 0 Å². The smallest absolute Gasteiger partial charge is 0.257 e. The third kappa shape index (κ3) is 3.38. The van der Waals surface area contributed by atoms with Gasteiger partial charge in [0.2, 0.25) is 0 Å². The van der Waals surface area contributed by atoms with E-state index in [2.05, 4.69) is 10.3 Å². The Bertz CT molecular complexity index is 972. The molecule has 3 aromatic rings. The van der Waals surface area contributed by atoms with Gasteiger partial charge in [-0.1, -0.05) is 24.3 Å². The van der Waals surface area contributed by atoms with Crippen LogP contribution in [0.15, 0.2) is 60.8 Å². The largest absolute Gasteiger partial charge is 0.487 e. The van der Waals surface area contributed by atoms with Crippen LogP contribution in [0.1, 0.15) is 15.9 Å². The minimum atomic E-state index is -0.888. The second-order valence-electron chi connectivity index (χ2n) is 6.26. The summed E-state index contributed by atoms with van der Waals surface area (Å²) in [4.78, 5) is 16.5. The second-order valence-corrected chi connectivity index (χ2v) is 6.26. The number of rotatable bonds is 4. The molecule has 2 aromatic carbocycles. The summed E-state index contributed by atoms with van der Waals surface area (Å²) in [5, 5.41) is 2.56. The fourth-order valence-electron chi connectivity index (χ4n) is 3.19. The molecule has 1 aliphatic rings. The van der Waals surface area contributed by atoms with E-state index in [1.54, 1.807) is 6.20 Å². The third-order valence-corrected chi connectivity index (χ3v) is 4.45. The van der Waals surface area contributed by atoms with Gasteiger partial charge in [0.1, 0.15) is 29.1 Å². The maximum absolute atomic E-state index is 13.7. The Kier molecular flexibility index (Phi) is 4.54. The molecule has 0 aliphatic carbocycles. The number of halogens is 2. The van der Waals surface area contributed by atoms with Crippen LogP contribution < -0.4 is 10.1 Å². The van der Waals surface area contributed by atoms with Crippen LogP contribution in [0.2, 0.25) is 0 Å². The second kappa shape index (κ2) is 7.15. The Morgan fingerprint density at radius 2 is 1.85 bits per heavy atom. The summed E-state index contributed by atoms with van der Waals surface area (Å²) in [5.74, 6) is -1.84. The number of carbonyl (C=O) groups excluding carboxylic acids is 1. The number of carbonyl (C=O) groups is 1. The standard InChI is InChI=1S/C21H16F2N2O2/c22-16-7-4-8-17(23)19(16)21(26)25-12-14-11-13-5-3-6-15(20(13)27-14)18-9-1-2-10-24-18/h1-10,14H,11-12H2,(H,25,26). The fraction of sp³-hybridized carbons (Fsp3) is 0.143. The van der Waals surface area contributed by atoms with Crippen molar-refractivity contribution < 1.29 is 18.3 Å². The van der Waals surface area contributed by atoms with Crippen molar-refractivity contribution in [1.29, 1.82) is 0 Å². The molecule has 27 heavy (non-hydrogen) atoms. The molecular weight excluding hydrogens is 350 g/mol. The molecule has 4 rings (SSSR count). The molecule has 1 unspecified atom stereocenters. The van der Waals surface area contributed by atoms with Crippen molar-refractivity contribution in [2.75, 3.05) is 6.54 Å². The lowest BCUT2D eigenvalue weighted by atomic mass is 10.0. The first-order valence-electron chi connectivity index (χ1n) is 8.55. The van der Waals surface area contributed by atoms with Crippen LogP contribution in [0.4, 0.5) is 8.78 Å². The number of aromatic nitrogens is 1. The van der Waals surface area contributed by atoms with Crippen molar-refractivity contribution in [3.05, 3.63) is 83.6 Å². The van der Waals surface area contributed by atoms with Crippen LogP contribution in [-0.2, 0) is 6.42 Å². The summed E-state index contributed by atoms with van der Waals surface area (Å²) in [6.45, 7) is 0.142. The number of fused-ring (bicyclic) bond motifs is 1. The van der Waals surface area contributed by atoms with Gasteiger partial charge in [-0.25, -0.2) is 8.78 Å². The minimum Gasteiger partial charge on any atom is -0.487 e. The maximum Gasteiger partial charge on any atom is 0.257 e. The number of nitrogens with zero attached hydrogens (tertiary/aromatic N) is 1. The molecule has 0 bridgehead atoms. The molecule has 1 amide bonds. The van der Waals surface area contributed by atoms with E-state index in [-0.39, 0.29) is 12.6 Å². The van der Waals surface area contributed by atoms with Gasteiger partial charge in [-0.05, 0) is 35.9 Å². The lowest BCUT2D eigenvalue weighted by Gasteiger charge is -2.14. The Morgan fingerprint density at radius 1 is 1.07 bits per heavy atom. The molecule has 0 fully saturated rings. The Hall–Kier alpha value is -3.28. The van der Waals surface area contributed by atoms with Gasteiger partial charge in [0.15, 0.2) is 0 Å². The molecule has 1 aromatic heterocycles. The van der Waals surface area contributed by atoms with E-state index in [1.165, 1.54) is 6.07 Å². The van der Waals surface area contributed by atoms with Gasteiger partial charge in [-0.15, -0.1) is 0 Å². The monoisotopic (exact) mass is 366 g/mol. The fourth-order valence-corrected chi connectivity index (χ4v) is 3.19. The normalized spacial score (nSPS) is 15.1. The first kappa shape index (κ1) is 17.1. The molecule has 0 spiro atoms. The summed E-state index contributed by atoms with van der Waals surface area (Å²) < 4.78 is 33.4. The van der Waals surface area contributed by atoms with Gasteiger partial charge in [0.05, 0.1) is 12.2 Å². The van der Waals surface area contributed by atoms with E-state index in [0.717, 1.165) is 34.7 Å². The number of amides is 1. The van der Waals surface area contributed by atoms with Gasteiger partial charge in [-0.2, -0.15) is 0 Å². The van der Waals surface area contributed by atoms with Gasteiger partial charge in [-0.3, -0.25) is 9.78 Å². The van der Waals surface area contributed by atoms with Crippen molar-refractivity contribution in [1.82, 2.24) is 10.3 Å². The lowest BCUT2D eigenvalue weighted by molar-refractivity contribution is 0.0925. The Balaban J connectivity index is 1.47. The van der Waals surface area contributed by atoms with Crippen molar-refractivity contribution in [3.8, 4) is 17.0 Å². The Labute approximate surface area is 154 Å². The molecule has 136 valence electrons. The average molecular weight is 366 g/mol. The van der Waals surface area contributed by atoms with Crippen LogP contribution in [0.5, 0.6) is 5.75 Å². The van der Waals surface area contributed by atoms with Gasteiger partial charge in [0.25, 0.3) is 5.91 Å². The molecular formula is C21H16F2N2O2. The molecule has 1 aliphatic heterocycles. The molecule has 2 heterocycles. The molecule has 0 saturated carbocycles. The summed E-state index contributed by atoms with van der Waals surface area (Å²) in [7, 11) is 0. The minimum absolute atomic E-state index is 0.142. The zero-order chi connectivity index (χ0) is 18.8. The highest BCUT2D eigenvalue weighted by molar-refractivity contribution is 5.94. The summed E-state index contributed by atoms with van der Waals surface area (Å²) in [6, 6.07) is 14.8. The molecule has 4 nitrogen and oxygen atoms in total. The number of pyridine rings is 1. The average Bonchev–Trinajstić information content (AvgIpc) is 3.10. The zero-order valence-electron chi connectivity index (χ0n) is 14.3. The zero-order valence-corrected chi connectivity index (χ0v) is 14.3. The van der Waals surface area contributed by atoms with Crippen LogP contribution in [0, 0.1) is 11.6 Å². The summed E-state index contributed by atoms with van der Waals surface area (Å²) in [5.41, 5.74) is 2.10. The number of hydrogen-bond acceptors (Lipinski definition) is 3. The molecule has 1 N–H and O–H groups in total. The number of ether oxygens (including phenoxy) is 1. The lowest BCUT2D eigenvalue weighted by Crippen LogP contribution is -2.35. The summed E-state index contributed by atoms with van der Waals surface area (Å²) in [6.07, 6.45) is 1.99. The quantitative estimate of drug-likeness (QED) is 0.765. The number of hydrogen-bond donors (Lipinski definition) is 1. The highest BCUT2D eigenvalue weighted by atomic mass is 19.1. The predicted octanol–water partition coefficient (Wildman–Crippen LogP) is 3.76. The maximum atomic E-state index is 13.7. The third-order valence-electron chi connectivity index (χ3n) is 4.45. The summed E-state index contributed by atoms with van der Waals surface area (Å²) >= 11 is 0. The van der Waals surface area contributed by atoms with Crippen molar-refractivity contribution in [3.63, 3.8) is 0 Å². The van der Waals surface area contributed by atoms with Crippen LogP contribution in [-0.4, -0.2) is 23.5 Å². The molecule has 0 radical (unpaired) electrons.